The number of aliphatic imine (C=N–C) groups is 1. The monoisotopic (exact) mass is 459 g/mol. The molecule has 31 heavy (non-hydrogen) atoms. The van der Waals surface area contributed by atoms with Crippen LogP contribution in [0, 0.1) is 0 Å². The van der Waals surface area contributed by atoms with Gasteiger partial charge in [-0.1, -0.05) is 43.0 Å². The van der Waals surface area contributed by atoms with Crippen LogP contribution in [0.5, 0.6) is 5.75 Å². The van der Waals surface area contributed by atoms with Crippen LogP contribution in [0.3, 0.4) is 0 Å². The molecule has 2 aliphatic heterocycles. The normalized spacial score (nSPS) is 21.3. The third kappa shape index (κ3) is 4.88. The van der Waals surface area contributed by atoms with Crippen molar-refractivity contribution in [2.45, 2.75) is 24.6 Å². The minimum atomic E-state index is -3.04. The summed E-state index contributed by atoms with van der Waals surface area (Å²) in [6, 6.07) is 15.0. The number of amides is 1. The fourth-order valence-electron chi connectivity index (χ4n) is 3.73. The molecule has 2 aromatic rings. The molecule has 7 nitrogen and oxygen atoms in total. The summed E-state index contributed by atoms with van der Waals surface area (Å²) in [5.74, 6) is 0.578. The fraction of sp³-hybridized carbons (Fsp3) is 0.364. The van der Waals surface area contributed by atoms with E-state index in [0.29, 0.717) is 16.6 Å². The van der Waals surface area contributed by atoms with Crippen molar-refractivity contribution in [3.8, 4) is 5.75 Å². The van der Waals surface area contributed by atoms with E-state index in [2.05, 4.69) is 17.2 Å². The molecule has 0 unspecified atom stereocenters. The van der Waals surface area contributed by atoms with Crippen molar-refractivity contribution >= 4 is 44.0 Å². The molecule has 2 heterocycles. The van der Waals surface area contributed by atoms with Crippen molar-refractivity contribution < 1.29 is 17.9 Å². The molecule has 1 N–H and O–H groups in total. The van der Waals surface area contributed by atoms with Crippen molar-refractivity contribution in [2.24, 2.45) is 4.99 Å². The van der Waals surface area contributed by atoms with E-state index in [1.807, 2.05) is 41.3 Å². The lowest BCUT2D eigenvalue weighted by Gasteiger charge is -2.24. The van der Waals surface area contributed by atoms with E-state index in [1.54, 1.807) is 19.2 Å². The van der Waals surface area contributed by atoms with Gasteiger partial charge >= 0.3 is 0 Å². The molecule has 1 amide bonds. The highest BCUT2D eigenvalue weighted by atomic mass is 32.2. The number of methoxy groups -OCH3 is 1. The summed E-state index contributed by atoms with van der Waals surface area (Å²) in [6.45, 7) is 2.15. The Kier molecular flexibility index (Phi) is 6.24. The first-order chi connectivity index (χ1) is 14.9. The first kappa shape index (κ1) is 21.7. The quantitative estimate of drug-likeness (QED) is 0.715. The molecular weight excluding hydrogens is 434 g/mol. The number of aryl methyl sites for hydroxylation is 1. The molecule has 9 heteroatoms. The number of rotatable bonds is 6. The number of ether oxygens (including phenoxy) is 1. The van der Waals surface area contributed by atoms with Crippen LogP contribution in [0.15, 0.2) is 53.5 Å². The predicted molar refractivity (Wildman–Crippen MR) is 126 cm³/mol. The third-order valence-electron chi connectivity index (χ3n) is 5.38. The van der Waals surface area contributed by atoms with Crippen LogP contribution >= 0.6 is 11.8 Å². The van der Waals surface area contributed by atoms with E-state index in [4.69, 9.17) is 4.74 Å². The molecule has 0 aliphatic carbocycles. The predicted octanol–water partition coefficient (Wildman–Crippen LogP) is 2.97. The fourth-order valence-corrected chi connectivity index (χ4v) is 7.51. The van der Waals surface area contributed by atoms with Gasteiger partial charge in [-0.15, -0.1) is 0 Å². The Balaban J connectivity index is 1.58. The number of thioether (sulfide) groups is 1. The van der Waals surface area contributed by atoms with Gasteiger partial charge in [-0.25, -0.2) is 8.42 Å². The largest absolute Gasteiger partial charge is 0.495 e. The van der Waals surface area contributed by atoms with Crippen LogP contribution in [0.1, 0.15) is 12.5 Å². The number of nitrogens with zero attached hydrogens (tertiary/aromatic N) is 2. The molecule has 0 bridgehead atoms. The smallest absolute Gasteiger partial charge is 0.244 e. The molecule has 164 valence electrons. The van der Waals surface area contributed by atoms with Crippen LogP contribution in [0.25, 0.3) is 0 Å². The molecule has 1 saturated heterocycles. The van der Waals surface area contributed by atoms with Gasteiger partial charge in [0, 0.05) is 10.9 Å². The summed E-state index contributed by atoms with van der Waals surface area (Å²) >= 11 is 1.44. The maximum Gasteiger partial charge on any atom is 0.244 e. The van der Waals surface area contributed by atoms with Crippen molar-refractivity contribution in [3.05, 3.63) is 54.1 Å². The zero-order valence-electron chi connectivity index (χ0n) is 17.4. The second-order valence-corrected chi connectivity index (χ2v) is 10.9. The summed E-state index contributed by atoms with van der Waals surface area (Å²) in [7, 11) is -1.48. The van der Waals surface area contributed by atoms with E-state index in [9.17, 15) is 13.2 Å². The van der Waals surface area contributed by atoms with E-state index < -0.39 is 9.84 Å². The molecule has 2 atom stereocenters. The van der Waals surface area contributed by atoms with Gasteiger partial charge in [0.2, 0.25) is 5.91 Å². The molecular formula is C22H25N3O4S2. The first-order valence-corrected chi connectivity index (χ1v) is 12.8. The average Bonchev–Trinajstić information content (AvgIpc) is 3.26. The standard InChI is InChI=1S/C22H25N3O4S2/c1-3-15-8-10-16(11-9-15)25(22-24-18-13-31(27,28)14-20(18)30-22)12-21(26)23-17-6-4-5-7-19(17)29-2/h4-11,18,20H,3,12-14H2,1-2H3,(H,23,26)/t18-,20-/m1/s1. The SMILES string of the molecule is CCc1ccc(N(CC(=O)Nc2ccccc2OC)C2=N[C@@H]3CS(=O)(=O)C[C@H]3S2)cc1. The van der Waals surface area contributed by atoms with E-state index in [-0.39, 0.29) is 35.2 Å². The van der Waals surface area contributed by atoms with Crippen LogP contribution in [-0.4, -0.2) is 55.9 Å². The second-order valence-electron chi connectivity index (χ2n) is 7.57. The van der Waals surface area contributed by atoms with Gasteiger partial charge in [-0.05, 0) is 36.2 Å². The highest BCUT2D eigenvalue weighted by Gasteiger charge is 2.44. The maximum atomic E-state index is 12.9. The van der Waals surface area contributed by atoms with Gasteiger partial charge in [-0.2, -0.15) is 0 Å². The van der Waals surface area contributed by atoms with Gasteiger partial charge in [0.1, 0.15) is 12.3 Å². The van der Waals surface area contributed by atoms with Gasteiger partial charge in [0.25, 0.3) is 0 Å². The molecule has 0 aromatic heterocycles. The Bertz CT molecular complexity index is 1100. The summed E-state index contributed by atoms with van der Waals surface area (Å²) in [6.07, 6.45) is 0.923. The number of hydrogen-bond donors (Lipinski definition) is 1. The molecule has 2 aliphatic rings. The first-order valence-electron chi connectivity index (χ1n) is 10.1. The third-order valence-corrected chi connectivity index (χ3v) is 8.62. The van der Waals surface area contributed by atoms with Crippen molar-refractivity contribution in [3.63, 3.8) is 0 Å². The Morgan fingerprint density at radius 1 is 1.19 bits per heavy atom. The van der Waals surface area contributed by atoms with Crippen LogP contribution in [0.2, 0.25) is 0 Å². The lowest BCUT2D eigenvalue weighted by Crippen LogP contribution is -2.36. The van der Waals surface area contributed by atoms with Crippen molar-refractivity contribution in [1.82, 2.24) is 0 Å². The number of anilines is 2. The number of fused-ring (bicyclic) bond motifs is 1. The van der Waals surface area contributed by atoms with Crippen LogP contribution < -0.4 is 15.0 Å². The van der Waals surface area contributed by atoms with E-state index >= 15 is 0 Å². The minimum Gasteiger partial charge on any atom is -0.495 e. The van der Waals surface area contributed by atoms with Crippen LogP contribution in [-0.2, 0) is 21.1 Å². The number of sulfone groups is 1. The van der Waals surface area contributed by atoms with Crippen LogP contribution in [0.4, 0.5) is 11.4 Å². The molecule has 0 saturated carbocycles. The number of amidine groups is 1. The summed E-state index contributed by atoms with van der Waals surface area (Å²) in [5, 5.41) is 3.50. The number of nitrogens with one attached hydrogen (secondary N) is 1. The zero-order chi connectivity index (χ0) is 22.0. The van der Waals surface area contributed by atoms with E-state index in [1.165, 1.54) is 17.3 Å². The van der Waals surface area contributed by atoms with Crippen molar-refractivity contribution in [1.29, 1.82) is 0 Å². The Labute approximate surface area is 186 Å². The van der Waals surface area contributed by atoms with Gasteiger partial charge in [0.15, 0.2) is 15.0 Å². The second kappa shape index (κ2) is 8.92. The lowest BCUT2D eigenvalue weighted by molar-refractivity contribution is -0.114. The molecule has 2 aromatic carbocycles. The van der Waals surface area contributed by atoms with E-state index in [0.717, 1.165) is 12.1 Å². The zero-order valence-corrected chi connectivity index (χ0v) is 19.1. The van der Waals surface area contributed by atoms with Gasteiger partial charge in [-0.3, -0.25) is 9.79 Å². The average molecular weight is 460 g/mol. The number of carbonyl (C=O) groups is 1. The van der Waals surface area contributed by atoms with Gasteiger partial charge < -0.3 is 15.0 Å². The summed E-state index contributed by atoms with van der Waals surface area (Å²) in [5.41, 5.74) is 2.65. The molecule has 4 rings (SSSR count). The summed E-state index contributed by atoms with van der Waals surface area (Å²) in [4.78, 5) is 19.5. The lowest BCUT2D eigenvalue weighted by atomic mass is 10.1. The maximum absolute atomic E-state index is 12.9. The number of carbonyl (C=O) groups excluding carboxylic acids is 1. The number of hydrogen-bond acceptors (Lipinski definition) is 7. The van der Waals surface area contributed by atoms with Crippen molar-refractivity contribution in [2.75, 3.05) is 35.4 Å². The summed E-state index contributed by atoms with van der Waals surface area (Å²) < 4.78 is 29.2. The highest BCUT2D eigenvalue weighted by Crippen LogP contribution is 2.37. The number of benzene rings is 2. The Morgan fingerprint density at radius 3 is 2.61 bits per heavy atom. The highest BCUT2D eigenvalue weighted by molar-refractivity contribution is 8.15. The minimum absolute atomic E-state index is 0.0571. The Morgan fingerprint density at radius 2 is 1.94 bits per heavy atom. The van der Waals surface area contributed by atoms with Gasteiger partial charge in [0.05, 0.1) is 30.3 Å². The molecule has 0 radical (unpaired) electrons. The molecule has 1 fully saturated rings. The molecule has 0 spiro atoms. The Hall–Kier alpha value is -2.52. The number of para-hydroxylation sites is 2. The topological polar surface area (TPSA) is 88.1 Å².